The van der Waals surface area contributed by atoms with Crippen molar-refractivity contribution in [2.45, 2.75) is 32.2 Å². The molecule has 5 heteroatoms. The van der Waals surface area contributed by atoms with Crippen molar-refractivity contribution in [3.05, 3.63) is 41.6 Å². The van der Waals surface area contributed by atoms with Gasteiger partial charge in [0, 0.05) is 11.8 Å². The highest BCUT2D eigenvalue weighted by atomic mass is 16.5. The number of amides is 1. The number of carbonyl (C=O) groups is 1. The zero-order valence-corrected chi connectivity index (χ0v) is 11.6. The fourth-order valence-corrected chi connectivity index (χ4v) is 1.98. The summed E-state index contributed by atoms with van der Waals surface area (Å²) < 4.78 is 5.64. The Morgan fingerprint density at radius 3 is 2.65 bits per heavy atom. The molecule has 1 aliphatic heterocycles. The van der Waals surface area contributed by atoms with Crippen LogP contribution >= 0.6 is 0 Å². The molecule has 1 atom stereocenters. The molecule has 0 aliphatic carbocycles. The van der Waals surface area contributed by atoms with Crippen molar-refractivity contribution in [3.8, 4) is 5.75 Å². The quantitative estimate of drug-likeness (QED) is 0.809. The van der Waals surface area contributed by atoms with Gasteiger partial charge in [-0.25, -0.2) is 0 Å². The van der Waals surface area contributed by atoms with Gasteiger partial charge in [-0.1, -0.05) is 31.9 Å². The van der Waals surface area contributed by atoms with Crippen molar-refractivity contribution in [3.63, 3.8) is 0 Å². The molecule has 0 aromatic heterocycles. The minimum Gasteiger partial charge on any atom is -0.494 e. The van der Waals surface area contributed by atoms with E-state index >= 15 is 0 Å². The summed E-state index contributed by atoms with van der Waals surface area (Å²) in [5.74, 6) is 0.422. The second-order valence-corrected chi connectivity index (χ2v) is 4.73. The Morgan fingerprint density at radius 1 is 1.25 bits per heavy atom. The largest absolute Gasteiger partial charge is 0.494 e. The van der Waals surface area contributed by atoms with E-state index in [2.05, 4.69) is 17.2 Å². The zero-order chi connectivity index (χ0) is 14.4. The van der Waals surface area contributed by atoms with Crippen LogP contribution in [0.1, 0.15) is 37.8 Å². The number of rotatable bonds is 6. The van der Waals surface area contributed by atoms with Crippen molar-refractivity contribution < 1.29 is 9.53 Å². The molecule has 0 bridgehead atoms. The maximum Gasteiger partial charge on any atom is 0.289 e. The highest BCUT2D eigenvalue weighted by molar-refractivity contribution is 5.89. The Hall–Kier alpha value is -2.17. The molecular formula is C15H19N3O2. The number of hydrogen-bond acceptors (Lipinski definition) is 4. The van der Waals surface area contributed by atoms with Crippen LogP contribution in [0.25, 0.3) is 0 Å². The van der Waals surface area contributed by atoms with E-state index in [1.54, 1.807) is 0 Å². The van der Waals surface area contributed by atoms with Crippen LogP contribution in [0.3, 0.4) is 0 Å². The fraction of sp³-hybridized carbons (Fsp3) is 0.400. The van der Waals surface area contributed by atoms with E-state index < -0.39 is 5.91 Å². The smallest absolute Gasteiger partial charge is 0.289 e. The molecule has 5 nitrogen and oxygen atoms in total. The van der Waals surface area contributed by atoms with E-state index in [1.165, 1.54) is 18.9 Å². The number of nitrogens with zero attached hydrogens (tertiary/aromatic N) is 2. The normalized spacial score (nSPS) is 17.9. The van der Waals surface area contributed by atoms with Gasteiger partial charge in [-0.3, -0.25) is 4.79 Å². The lowest BCUT2D eigenvalue weighted by molar-refractivity contribution is -0.114. The van der Waals surface area contributed by atoms with Crippen LogP contribution in [0.15, 0.2) is 46.3 Å². The van der Waals surface area contributed by atoms with Crippen LogP contribution in [-0.4, -0.2) is 12.5 Å². The molecule has 1 amide bonds. The van der Waals surface area contributed by atoms with Crippen LogP contribution in [0.5, 0.6) is 5.75 Å². The Labute approximate surface area is 118 Å². The number of nitrogens with two attached hydrogens (primary N) is 1. The molecule has 0 fully saturated rings. The predicted octanol–water partition coefficient (Wildman–Crippen LogP) is 3.13. The maximum absolute atomic E-state index is 11.0. The van der Waals surface area contributed by atoms with Crippen molar-refractivity contribution in [2.75, 3.05) is 6.61 Å². The lowest BCUT2D eigenvalue weighted by atomic mass is 10.0. The number of azo groups is 1. The molecule has 2 rings (SSSR count). The monoisotopic (exact) mass is 273 g/mol. The minimum absolute atomic E-state index is 0.373. The van der Waals surface area contributed by atoms with Gasteiger partial charge in [-0.15, -0.1) is 5.11 Å². The summed E-state index contributed by atoms with van der Waals surface area (Å²) in [6.07, 6.45) is 4.73. The van der Waals surface area contributed by atoms with Gasteiger partial charge in [0.2, 0.25) is 0 Å². The molecule has 0 radical (unpaired) electrons. The molecule has 1 aromatic carbocycles. The summed E-state index contributed by atoms with van der Waals surface area (Å²) in [5, 5.41) is 7.45. The van der Waals surface area contributed by atoms with Crippen LogP contribution in [0, 0.1) is 0 Å². The summed E-state index contributed by atoms with van der Waals surface area (Å²) in [6.45, 7) is 2.89. The summed E-state index contributed by atoms with van der Waals surface area (Å²) in [4.78, 5) is 11.0. The SMILES string of the molecule is CCCCCOc1ccc(C2N=NC(=O)C=C2N)cc1. The highest BCUT2D eigenvalue weighted by Gasteiger charge is 2.18. The van der Waals surface area contributed by atoms with Gasteiger partial charge in [0.05, 0.1) is 6.61 Å². The van der Waals surface area contributed by atoms with Gasteiger partial charge < -0.3 is 10.5 Å². The van der Waals surface area contributed by atoms with Gasteiger partial charge >= 0.3 is 0 Å². The Balaban J connectivity index is 1.96. The average molecular weight is 273 g/mol. The van der Waals surface area contributed by atoms with Crippen molar-refractivity contribution >= 4 is 5.91 Å². The molecule has 1 heterocycles. The average Bonchev–Trinajstić information content (AvgIpc) is 2.45. The molecule has 2 N–H and O–H groups in total. The Bertz CT molecular complexity index is 520. The summed E-state index contributed by atoms with van der Waals surface area (Å²) >= 11 is 0. The van der Waals surface area contributed by atoms with Crippen LogP contribution in [0.4, 0.5) is 0 Å². The molecule has 106 valence electrons. The van der Waals surface area contributed by atoms with Crippen LogP contribution in [0.2, 0.25) is 0 Å². The molecule has 1 unspecified atom stereocenters. The Kier molecular flexibility index (Phi) is 4.87. The molecule has 1 aromatic rings. The topological polar surface area (TPSA) is 77.0 Å². The predicted molar refractivity (Wildman–Crippen MR) is 76.3 cm³/mol. The minimum atomic E-state index is -0.408. The number of carbonyl (C=O) groups excluding carboxylic acids is 1. The summed E-state index contributed by atoms with van der Waals surface area (Å²) in [7, 11) is 0. The molecule has 20 heavy (non-hydrogen) atoms. The fourth-order valence-electron chi connectivity index (χ4n) is 1.98. The van der Waals surface area contributed by atoms with Crippen LogP contribution in [-0.2, 0) is 4.79 Å². The van der Waals surface area contributed by atoms with Crippen LogP contribution < -0.4 is 10.5 Å². The van der Waals surface area contributed by atoms with E-state index in [-0.39, 0.29) is 6.04 Å². The van der Waals surface area contributed by atoms with E-state index in [0.717, 1.165) is 24.3 Å². The van der Waals surface area contributed by atoms with Gasteiger partial charge in [-0.05, 0) is 24.1 Å². The van der Waals surface area contributed by atoms with Gasteiger partial charge in [0.25, 0.3) is 5.91 Å². The van der Waals surface area contributed by atoms with E-state index in [9.17, 15) is 4.79 Å². The molecule has 0 spiro atoms. The summed E-state index contributed by atoms with van der Waals surface area (Å²) in [5.41, 5.74) is 7.13. The third-order valence-corrected chi connectivity index (χ3v) is 3.09. The first-order chi connectivity index (χ1) is 9.70. The number of ether oxygens (including phenoxy) is 1. The first-order valence-corrected chi connectivity index (χ1v) is 6.85. The van der Waals surface area contributed by atoms with Crippen molar-refractivity contribution in [1.82, 2.24) is 0 Å². The van der Waals surface area contributed by atoms with Crippen molar-refractivity contribution in [2.24, 2.45) is 16.0 Å². The molecule has 0 saturated heterocycles. The third kappa shape index (κ3) is 3.66. The molecule has 0 saturated carbocycles. The summed E-state index contributed by atoms with van der Waals surface area (Å²) in [6, 6.07) is 7.20. The molecule has 1 aliphatic rings. The van der Waals surface area contributed by atoms with E-state index in [1.807, 2.05) is 24.3 Å². The van der Waals surface area contributed by atoms with Crippen molar-refractivity contribution in [1.29, 1.82) is 0 Å². The van der Waals surface area contributed by atoms with E-state index in [0.29, 0.717) is 5.70 Å². The second-order valence-electron chi connectivity index (χ2n) is 4.73. The standard InChI is InChI=1S/C15H19N3O2/c1-2-3-4-9-20-12-7-5-11(6-8-12)15-13(16)10-14(19)17-18-15/h5-8,10,15H,2-4,9,16H2,1H3. The molecular weight excluding hydrogens is 254 g/mol. The zero-order valence-electron chi connectivity index (χ0n) is 11.6. The number of hydrogen-bond donors (Lipinski definition) is 1. The first-order valence-electron chi connectivity index (χ1n) is 6.85. The highest BCUT2D eigenvalue weighted by Crippen LogP contribution is 2.27. The van der Waals surface area contributed by atoms with Gasteiger partial charge in [0.1, 0.15) is 11.8 Å². The first kappa shape index (κ1) is 14.2. The lowest BCUT2D eigenvalue weighted by Gasteiger charge is -2.15. The lowest BCUT2D eigenvalue weighted by Crippen LogP contribution is -2.13. The maximum atomic E-state index is 11.0. The Morgan fingerprint density at radius 2 is 2.00 bits per heavy atom. The van der Waals surface area contributed by atoms with E-state index in [4.69, 9.17) is 10.5 Å². The van der Waals surface area contributed by atoms with Gasteiger partial charge in [0.15, 0.2) is 0 Å². The number of unbranched alkanes of at least 4 members (excludes halogenated alkanes) is 2. The second kappa shape index (κ2) is 6.84. The third-order valence-electron chi connectivity index (χ3n) is 3.09. The van der Waals surface area contributed by atoms with Gasteiger partial charge in [-0.2, -0.15) is 5.11 Å². The number of benzene rings is 1.